The van der Waals surface area contributed by atoms with Crippen molar-refractivity contribution in [3.05, 3.63) is 39.3 Å². The van der Waals surface area contributed by atoms with E-state index < -0.39 is 4.92 Å². The Bertz CT molecular complexity index is 633. The molecule has 0 aliphatic carbocycles. The molecule has 2 aromatic heterocycles. The van der Waals surface area contributed by atoms with Crippen molar-refractivity contribution >= 4 is 17.3 Å². The van der Waals surface area contributed by atoms with Crippen LogP contribution in [0.25, 0.3) is 0 Å². The maximum atomic E-state index is 10.7. The van der Waals surface area contributed by atoms with E-state index in [1.165, 1.54) is 12.1 Å². The summed E-state index contributed by atoms with van der Waals surface area (Å²) in [5.74, 6) is 1.06. The highest BCUT2D eigenvalue weighted by atomic mass is 16.6. The van der Waals surface area contributed by atoms with Crippen LogP contribution in [-0.4, -0.2) is 15.1 Å². The average molecular weight is 277 g/mol. The molecule has 8 nitrogen and oxygen atoms in total. The number of hydrogen-bond acceptors (Lipinski definition) is 7. The van der Waals surface area contributed by atoms with Gasteiger partial charge in [-0.2, -0.15) is 0 Å². The van der Waals surface area contributed by atoms with Gasteiger partial charge in [-0.05, 0) is 26.8 Å². The van der Waals surface area contributed by atoms with E-state index in [0.29, 0.717) is 5.82 Å². The summed E-state index contributed by atoms with van der Waals surface area (Å²) < 4.78 is 5.10. The van der Waals surface area contributed by atoms with Crippen LogP contribution < -0.4 is 11.1 Å². The topological polar surface area (TPSA) is 120 Å². The first kappa shape index (κ1) is 13.8. The molecule has 0 aliphatic rings. The molecular formula is C12H15N5O3. The number of nitrogens with two attached hydrogens (primary N) is 1. The van der Waals surface area contributed by atoms with Crippen molar-refractivity contribution in [1.29, 1.82) is 0 Å². The Morgan fingerprint density at radius 2 is 2.15 bits per heavy atom. The summed E-state index contributed by atoms with van der Waals surface area (Å²) in [4.78, 5) is 14.1. The number of nitrogen functional groups attached to an aromatic ring is 1. The van der Waals surface area contributed by atoms with Crippen LogP contribution in [0.4, 0.5) is 17.3 Å². The molecule has 0 fully saturated rings. The highest BCUT2D eigenvalue weighted by molar-refractivity contribution is 5.57. The van der Waals surface area contributed by atoms with Crippen LogP contribution in [0.3, 0.4) is 0 Å². The number of aryl methyl sites for hydroxylation is 2. The molecular weight excluding hydrogens is 262 g/mol. The lowest BCUT2D eigenvalue weighted by Gasteiger charge is -2.14. The van der Waals surface area contributed by atoms with Crippen LogP contribution in [-0.2, 0) is 0 Å². The zero-order chi connectivity index (χ0) is 14.9. The monoisotopic (exact) mass is 277 g/mol. The summed E-state index contributed by atoms with van der Waals surface area (Å²) in [5.41, 5.74) is 7.07. The lowest BCUT2D eigenvalue weighted by Crippen LogP contribution is -2.10. The number of aromatic nitrogens is 2. The highest BCUT2D eigenvalue weighted by Gasteiger charge is 2.18. The van der Waals surface area contributed by atoms with Gasteiger partial charge >= 0.3 is 5.69 Å². The van der Waals surface area contributed by atoms with Gasteiger partial charge in [0.25, 0.3) is 0 Å². The third-order valence-electron chi connectivity index (χ3n) is 2.99. The number of nitro groups is 1. The summed E-state index contributed by atoms with van der Waals surface area (Å²) in [5, 5.41) is 17.7. The molecule has 1 unspecified atom stereocenters. The predicted molar refractivity (Wildman–Crippen MR) is 73.3 cm³/mol. The predicted octanol–water partition coefficient (Wildman–Crippen LogP) is 2.35. The van der Waals surface area contributed by atoms with Crippen LogP contribution in [0.15, 0.2) is 16.7 Å². The highest BCUT2D eigenvalue weighted by Crippen LogP contribution is 2.26. The average Bonchev–Trinajstić information content (AvgIpc) is 2.68. The first-order chi connectivity index (χ1) is 9.40. The molecule has 20 heavy (non-hydrogen) atoms. The molecule has 2 heterocycles. The van der Waals surface area contributed by atoms with Crippen molar-refractivity contribution in [3.63, 3.8) is 0 Å². The minimum atomic E-state index is -0.566. The fraction of sp³-hybridized carbons (Fsp3) is 0.333. The number of rotatable bonds is 4. The fourth-order valence-electron chi connectivity index (χ4n) is 2.10. The largest absolute Gasteiger partial charge is 0.378 e. The molecule has 0 aromatic carbocycles. The molecule has 2 aromatic rings. The maximum Gasteiger partial charge on any atom is 0.311 e. The van der Waals surface area contributed by atoms with Crippen molar-refractivity contribution < 1.29 is 9.45 Å². The molecule has 0 saturated carbocycles. The quantitative estimate of drug-likeness (QED) is 0.649. The Morgan fingerprint density at radius 1 is 1.45 bits per heavy atom. The molecule has 0 aliphatic heterocycles. The summed E-state index contributed by atoms with van der Waals surface area (Å²) in [6.07, 6.45) is 0. The van der Waals surface area contributed by atoms with Gasteiger partial charge in [-0.3, -0.25) is 10.1 Å². The van der Waals surface area contributed by atoms with Crippen LogP contribution in [0.1, 0.15) is 30.0 Å². The standard InChI is InChI=1S/C12H15N5O3/c1-6(11-7(2)16-20-8(11)3)14-10-5-4-9(17(18)19)12(13)15-10/h4-6H,1-3H3,(H3,13,14,15). The summed E-state index contributed by atoms with van der Waals surface area (Å²) in [6, 6.07) is 2.74. The van der Waals surface area contributed by atoms with E-state index in [2.05, 4.69) is 15.5 Å². The van der Waals surface area contributed by atoms with E-state index in [-0.39, 0.29) is 17.5 Å². The lowest BCUT2D eigenvalue weighted by molar-refractivity contribution is -0.384. The van der Waals surface area contributed by atoms with Gasteiger partial charge in [0.15, 0.2) is 0 Å². The van der Waals surface area contributed by atoms with E-state index in [4.69, 9.17) is 10.3 Å². The molecule has 8 heteroatoms. The zero-order valence-corrected chi connectivity index (χ0v) is 11.4. The van der Waals surface area contributed by atoms with E-state index in [1.807, 2.05) is 20.8 Å². The first-order valence-electron chi connectivity index (χ1n) is 6.00. The number of hydrogen-bond donors (Lipinski definition) is 2. The van der Waals surface area contributed by atoms with Crippen molar-refractivity contribution in [3.8, 4) is 0 Å². The molecule has 1 atom stereocenters. The maximum absolute atomic E-state index is 10.7. The van der Waals surface area contributed by atoms with Crippen LogP contribution >= 0.6 is 0 Å². The molecule has 0 saturated heterocycles. The van der Waals surface area contributed by atoms with Gasteiger partial charge in [0, 0.05) is 11.6 Å². The molecule has 3 N–H and O–H groups in total. The summed E-state index contributed by atoms with van der Waals surface area (Å²) in [6.45, 7) is 5.60. The lowest BCUT2D eigenvalue weighted by atomic mass is 10.1. The normalized spacial score (nSPS) is 12.2. The van der Waals surface area contributed by atoms with Gasteiger partial charge in [0.2, 0.25) is 5.82 Å². The van der Waals surface area contributed by atoms with Gasteiger partial charge in [0.1, 0.15) is 11.6 Å². The van der Waals surface area contributed by atoms with E-state index in [9.17, 15) is 10.1 Å². The van der Waals surface area contributed by atoms with Gasteiger partial charge < -0.3 is 15.6 Å². The Morgan fingerprint density at radius 3 is 2.65 bits per heavy atom. The SMILES string of the molecule is Cc1noc(C)c1C(C)Nc1ccc([N+](=O)[O-])c(N)n1. The van der Waals surface area contributed by atoms with E-state index in [0.717, 1.165) is 17.0 Å². The van der Waals surface area contributed by atoms with E-state index >= 15 is 0 Å². The second-order valence-corrected chi connectivity index (χ2v) is 4.46. The smallest absolute Gasteiger partial charge is 0.311 e. The Kier molecular flexibility index (Phi) is 3.55. The Balaban J connectivity index is 2.22. The Hall–Kier alpha value is -2.64. The summed E-state index contributed by atoms with van der Waals surface area (Å²) >= 11 is 0. The van der Waals surface area contributed by atoms with Crippen molar-refractivity contribution in [2.45, 2.75) is 26.8 Å². The van der Waals surface area contributed by atoms with Crippen molar-refractivity contribution in [2.75, 3.05) is 11.1 Å². The van der Waals surface area contributed by atoms with Gasteiger partial charge in [0.05, 0.1) is 16.7 Å². The first-order valence-corrected chi connectivity index (χ1v) is 6.00. The molecule has 106 valence electrons. The Labute approximate surface area is 115 Å². The third-order valence-corrected chi connectivity index (χ3v) is 2.99. The second-order valence-electron chi connectivity index (χ2n) is 4.46. The van der Waals surface area contributed by atoms with Crippen molar-refractivity contribution in [1.82, 2.24) is 10.1 Å². The zero-order valence-electron chi connectivity index (χ0n) is 11.4. The minimum Gasteiger partial charge on any atom is -0.378 e. The summed E-state index contributed by atoms with van der Waals surface area (Å²) in [7, 11) is 0. The molecule has 0 spiro atoms. The molecule has 0 bridgehead atoms. The van der Waals surface area contributed by atoms with E-state index in [1.54, 1.807) is 0 Å². The van der Waals surface area contributed by atoms with Crippen molar-refractivity contribution in [2.24, 2.45) is 0 Å². The molecule has 2 rings (SSSR count). The van der Waals surface area contributed by atoms with Crippen LogP contribution in [0.2, 0.25) is 0 Å². The van der Waals surface area contributed by atoms with Crippen LogP contribution in [0, 0.1) is 24.0 Å². The van der Waals surface area contributed by atoms with Gasteiger partial charge in [-0.15, -0.1) is 0 Å². The number of nitrogens with zero attached hydrogens (tertiary/aromatic N) is 3. The molecule has 0 amide bonds. The van der Waals surface area contributed by atoms with Gasteiger partial charge in [-0.25, -0.2) is 4.98 Å². The number of nitrogens with one attached hydrogen (secondary N) is 1. The minimum absolute atomic E-state index is 0.102. The molecule has 0 radical (unpaired) electrons. The number of pyridine rings is 1. The third kappa shape index (κ3) is 2.53. The van der Waals surface area contributed by atoms with Crippen LogP contribution in [0.5, 0.6) is 0 Å². The number of anilines is 2. The second kappa shape index (κ2) is 5.16. The fourth-order valence-corrected chi connectivity index (χ4v) is 2.10. The van der Waals surface area contributed by atoms with Gasteiger partial charge in [-0.1, -0.05) is 5.16 Å².